The average Bonchev–Trinajstić information content (AvgIpc) is 3.17. The van der Waals surface area contributed by atoms with Gasteiger partial charge < -0.3 is 23.9 Å². The molecule has 0 fully saturated rings. The quantitative estimate of drug-likeness (QED) is 0.296. The highest BCUT2D eigenvalue weighted by atomic mass is 35.5. The molecular formula is C17H15ClN4O5. The van der Waals surface area contributed by atoms with Gasteiger partial charge in [-0.15, -0.1) is 0 Å². The second-order valence-corrected chi connectivity index (χ2v) is 5.54. The van der Waals surface area contributed by atoms with Gasteiger partial charge in [-0.3, -0.25) is 0 Å². The largest absolute Gasteiger partial charge is 0.493 e. The van der Waals surface area contributed by atoms with Gasteiger partial charge in [0.2, 0.25) is 11.6 Å². The van der Waals surface area contributed by atoms with Gasteiger partial charge in [-0.1, -0.05) is 21.9 Å². The van der Waals surface area contributed by atoms with Crippen LogP contribution in [-0.4, -0.2) is 47.4 Å². The Hall–Kier alpha value is -3.33. The Morgan fingerprint density at radius 2 is 1.81 bits per heavy atom. The highest BCUT2D eigenvalue weighted by Crippen LogP contribution is 2.38. The molecule has 10 heteroatoms. The molecule has 0 saturated heterocycles. The van der Waals surface area contributed by atoms with Crippen LogP contribution in [0.5, 0.6) is 17.2 Å². The average molecular weight is 391 g/mol. The number of nitrogens with zero attached hydrogens (tertiary/aromatic N) is 4. The second kappa shape index (κ2) is 7.92. The number of oxime groups is 1. The number of benzene rings is 1. The maximum absolute atomic E-state index is 9.53. The number of rotatable bonds is 6. The first-order valence-corrected chi connectivity index (χ1v) is 7.97. The fourth-order valence-corrected chi connectivity index (χ4v) is 2.59. The number of ether oxygens (including phenoxy) is 3. The van der Waals surface area contributed by atoms with Gasteiger partial charge in [-0.2, -0.15) is 4.98 Å². The number of halogens is 1. The van der Waals surface area contributed by atoms with E-state index in [0.29, 0.717) is 33.5 Å². The van der Waals surface area contributed by atoms with E-state index in [1.165, 1.54) is 27.5 Å². The molecule has 1 N–H and O–H groups in total. The molecule has 3 aromatic rings. The molecule has 0 unspecified atom stereocenters. The monoisotopic (exact) mass is 390 g/mol. The Morgan fingerprint density at radius 1 is 1.11 bits per heavy atom. The molecule has 2 heterocycles. The van der Waals surface area contributed by atoms with Crippen molar-refractivity contribution in [3.63, 3.8) is 0 Å². The van der Waals surface area contributed by atoms with Crippen molar-refractivity contribution in [1.29, 1.82) is 0 Å². The van der Waals surface area contributed by atoms with Gasteiger partial charge in [-0.25, -0.2) is 4.98 Å². The first-order chi connectivity index (χ1) is 13.1. The maximum atomic E-state index is 9.53. The molecule has 1 aromatic carbocycles. The van der Waals surface area contributed by atoms with Crippen LogP contribution in [0.4, 0.5) is 0 Å². The molecule has 0 bridgehead atoms. The molecule has 0 radical (unpaired) electrons. The lowest BCUT2D eigenvalue weighted by molar-refractivity contribution is 0.315. The van der Waals surface area contributed by atoms with E-state index in [4.69, 9.17) is 30.3 Å². The van der Waals surface area contributed by atoms with Crippen molar-refractivity contribution in [2.75, 3.05) is 21.3 Å². The van der Waals surface area contributed by atoms with Crippen molar-refractivity contribution in [2.45, 2.75) is 0 Å². The summed E-state index contributed by atoms with van der Waals surface area (Å²) in [7, 11) is 4.45. The Labute approximate surface area is 159 Å². The minimum absolute atomic E-state index is 0.00490. The van der Waals surface area contributed by atoms with Crippen LogP contribution in [0.1, 0.15) is 11.5 Å². The lowest BCUT2D eigenvalue weighted by atomic mass is 10.1. The summed E-state index contributed by atoms with van der Waals surface area (Å²) in [6, 6.07) is 6.47. The molecule has 0 aliphatic rings. The molecule has 0 aliphatic heterocycles. The van der Waals surface area contributed by atoms with Crippen LogP contribution in [0.15, 0.2) is 40.1 Å². The molecule has 9 nitrogen and oxygen atoms in total. The first kappa shape index (κ1) is 18.5. The zero-order chi connectivity index (χ0) is 19.4. The zero-order valence-corrected chi connectivity index (χ0v) is 15.4. The molecule has 27 heavy (non-hydrogen) atoms. The lowest BCUT2D eigenvalue weighted by Crippen LogP contribution is -2.06. The summed E-state index contributed by atoms with van der Waals surface area (Å²) in [5, 5.41) is 17.0. The van der Waals surface area contributed by atoms with Gasteiger partial charge in [0, 0.05) is 17.3 Å². The predicted octanol–water partition coefficient (Wildman–Crippen LogP) is 3.04. The maximum Gasteiger partial charge on any atom is 0.280 e. The lowest BCUT2D eigenvalue weighted by Gasteiger charge is -2.13. The van der Waals surface area contributed by atoms with E-state index >= 15 is 0 Å². The molecule has 140 valence electrons. The normalized spacial score (nSPS) is 11.3. The molecule has 0 spiro atoms. The Bertz CT molecular complexity index is 964. The summed E-state index contributed by atoms with van der Waals surface area (Å²) in [5.41, 5.74) is 1.07. The Balaban J connectivity index is 2.04. The predicted molar refractivity (Wildman–Crippen MR) is 96.1 cm³/mol. The smallest absolute Gasteiger partial charge is 0.280 e. The topological polar surface area (TPSA) is 112 Å². The number of hydrogen-bond donors (Lipinski definition) is 1. The van der Waals surface area contributed by atoms with Crippen molar-refractivity contribution in [3.8, 4) is 28.6 Å². The minimum atomic E-state index is -0.00490. The number of aromatic nitrogens is 3. The zero-order valence-electron chi connectivity index (χ0n) is 14.6. The van der Waals surface area contributed by atoms with Crippen LogP contribution in [0.25, 0.3) is 11.4 Å². The third-order valence-electron chi connectivity index (χ3n) is 3.65. The summed E-state index contributed by atoms with van der Waals surface area (Å²) < 4.78 is 21.1. The molecular weight excluding hydrogens is 376 g/mol. The minimum Gasteiger partial charge on any atom is -0.493 e. The van der Waals surface area contributed by atoms with Crippen molar-refractivity contribution < 1.29 is 23.9 Å². The van der Waals surface area contributed by atoms with E-state index in [9.17, 15) is 5.21 Å². The standard InChI is InChI=1S/C17H15ClN4O5/c1-24-11-6-10(7-12(25-2)15(11)26-3)14(21-23)17-20-16(22-27-17)9-4-5-19-13(18)8-9/h4-8,23H,1-3H3/b21-14-. The summed E-state index contributed by atoms with van der Waals surface area (Å²) in [4.78, 5) is 8.16. The fraction of sp³-hybridized carbons (Fsp3) is 0.176. The van der Waals surface area contributed by atoms with Gasteiger partial charge in [0.1, 0.15) is 5.15 Å². The fourth-order valence-electron chi connectivity index (χ4n) is 2.42. The van der Waals surface area contributed by atoms with E-state index < -0.39 is 0 Å². The molecule has 2 aromatic heterocycles. The molecule has 0 atom stereocenters. The van der Waals surface area contributed by atoms with E-state index in [-0.39, 0.29) is 17.4 Å². The molecule has 0 saturated carbocycles. The van der Waals surface area contributed by atoms with Gasteiger partial charge in [0.15, 0.2) is 17.2 Å². The summed E-state index contributed by atoms with van der Waals surface area (Å²) in [5.74, 6) is 1.43. The third kappa shape index (κ3) is 3.63. The summed E-state index contributed by atoms with van der Waals surface area (Å²) >= 11 is 5.88. The van der Waals surface area contributed by atoms with Crippen LogP contribution < -0.4 is 14.2 Å². The highest BCUT2D eigenvalue weighted by molar-refractivity contribution is 6.29. The van der Waals surface area contributed by atoms with E-state index in [2.05, 4.69) is 20.3 Å². The van der Waals surface area contributed by atoms with Crippen LogP contribution in [0.2, 0.25) is 5.15 Å². The summed E-state index contributed by atoms with van der Waals surface area (Å²) in [6.07, 6.45) is 1.52. The van der Waals surface area contributed by atoms with Crippen LogP contribution in [0.3, 0.4) is 0 Å². The highest BCUT2D eigenvalue weighted by Gasteiger charge is 2.22. The first-order valence-electron chi connectivity index (χ1n) is 7.59. The summed E-state index contributed by atoms with van der Waals surface area (Å²) in [6.45, 7) is 0. The van der Waals surface area contributed by atoms with Crippen molar-refractivity contribution in [1.82, 2.24) is 15.1 Å². The molecule has 0 aliphatic carbocycles. The van der Waals surface area contributed by atoms with Gasteiger partial charge in [0.05, 0.1) is 21.3 Å². The van der Waals surface area contributed by atoms with E-state index in [1.807, 2.05) is 0 Å². The van der Waals surface area contributed by atoms with Crippen LogP contribution >= 0.6 is 11.6 Å². The molecule has 3 rings (SSSR count). The van der Waals surface area contributed by atoms with Crippen LogP contribution in [-0.2, 0) is 0 Å². The van der Waals surface area contributed by atoms with E-state index in [0.717, 1.165) is 0 Å². The van der Waals surface area contributed by atoms with Crippen molar-refractivity contribution in [3.05, 3.63) is 47.1 Å². The Kier molecular flexibility index (Phi) is 5.41. The van der Waals surface area contributed by atoms with Crippen molar-refractivity contribution in [2.24, 2.45) is 5.16 Å². The number of pyridine rings is 1. The van der Waals surface area contributed by atoms with Gasteiger partial charge >= 0.3 is 0 Å². The molecule has 0 amide bonds. The van der Waals surface area contributed by atoms with Crippen LogP contribution in [0, 0.1) is 0 Å². The van der Waals surface area contributed by atoms with Gasteiger partial charge in [-0.05, 0) is 24.3 Å². The number of methoxy groups -OCH3 is 3. The third-order valence-corrected chi connectivity index (χ3v) is 3.86. The number of hydrogen-bond acceptors (Lipinski definition) is 9. The SMILES string of the molecule is COc1cc(/C(=N/O)c2nc(-c3ccnc(Cl)c3)no2)cc(OC)c1OC. The van der Waals surface area contributed by atoms with Gasteiger partial charge in [0.25, 0.3) is 5.89 Å². The van der Waals surface area contributed by atoms with Crippen molar-refractivity contribution >= 4 is 17.3 Å². The Morgan fingerprint density at radius 3 is 2.37 bits per heavy atom. The van der Waals surface area contributed by atoms with E-state index in [1.54, 1.807) is 24.3 Å². The second-order valence-electron chi connectivity index (χ2n) is 5.15.